The first-order chi connectivity index (χ1) is 9.57. The molecule has 0 aliphatic rings. The van der Waals surface area contributed by atoms with E-state index < -0.39 is 15.9 Å². The van der Waals surface area contributed by atoms with Crippen LogP contribution in [0.25, 0.3) is 0 Å². The van der Waals surface area contributed by atoms with Crippen molar-refractivity contribution in [3.63, 3.8) is 0 Å². The largest absolute Gasteiger partial charge is 0.271 e. The lowest BCUT2D eigenvalue weighted by molar-refractivity contribution is 0.0898. The fourth-order valence-electron chi connectivity index (χ4n) is 1.70. The molecule has 0 radical (unpaired) electrons. The molecule has 0 aliphatic heterocycles. The highest BCUT2D eigenvalue weighted by Gasteiger charge is 2.27. The molecule has 20 heavy (non-hydrogen) atoms. The predicted molar refractivity (Wildman–Crippen MR) is 76.4 cm³/mol. The first-order valence-electron chi connectivity index (χ1n) is 5.89. The molecule has 0 bridgehead atoms. The van der Waals surface area contributed by atoms with E-state index in [-0.39, 0.29) is 10.5 Å². The van der Waals surface area contributed by atoms with Gasteiger partial charge in [-0.2, -0.15) is 0 Å². The number of rotatable bonds is 4. The van der Waals surface area contributed by atoms with E-state index in [1.54, 1.807) is 48.5 Å². The molecule has 4 nitrogen and oxygen atoms in total. The molecule has 0 atom stereocenters. The van der Waals surface area contributed by atoms with Gasteiger partial charge in [-0.25, -0.2) is 12.7 Å². The van der Waals surface area contributed by atoms with Gasteiger partial charge in [-0.3, -0.25) is 4.79 Å². The zero-order chi connectivity index (χ0) is 14.6. The van der Waals surface area contributed by atoms with Crippen molar-refractivity contribution in [3.05, 3.63) is 79.0 Å². The Kier molecular flexibility index (Phi) is 4.00. The Balaban J connectivity index is 2.43. The van der Waals surface area contributed by atoms with E-state index in [9.17, 15) is 13.2 Å². The minimum atomic E-state index is -3.93. The monoisotopic (exact) mass is 287 g/mol. The zero-order valence-electron chi connectivity index (χ0n) is 10.6. The number of amides is 1. The molecule has 0 N–H and O–H groups in total. The molecule has 0 saturated carbocycles. The highest BCUT2D eigenvalue weighted by atomic mass is 32.2. The minimum absolute atomic E-state index is 0.0455. The van der Waals surface area contributed by atoms with Gasteiger partial charge in [-0.1, -0.05) is 43.0 Å². The van der Waals surface area contributed by atoms with Crippen molar-refractivity contribution in [1.29, 1.82) is 0 Å². The Morgan fingerprint density at radius 1 is 0.950 bits per heavy atom. The van der Waals surface area contributed by atoms with E-state index in [0.29, 0.717) is 4.31 Å². The molecule has 0 spiro atoms. The van der Waals surface area contributed by atoms with Crippen LogP contribution in [0.2, 0.25) is 0 Å². The van der Waals surface area contributed by atoms with Crippen LogP contribution in [0.1, 0.15) is 10.4 Å². The normalized spacial score (nSPS) is 10.8. The number of benzene rings is 2. The Bertz CT molecular complexity index is 709. The first-order valence-corrected chi connectivity index (χ1v) is 7.33. The zero-order valence-corrected chi connectivity index (χ0v) is 11.5. The predicted octanol–water partition coefficient (Wildman–Crippen LogP) is 2.66. The maximum atomic E-state index is 12.4. The maximum Gasteiger partial charge on any atom is 0.271 e. The molecule has 0 saturated heterocycles. The number of hydrogen-bond acceptors (Lipinski definition) is 3. The maximum absolute atomic E-state index is 12.4. The van der Waals surface area contributed by atoms with E-state index >= 15 is 0 Å². The second-order valence-electron chi connectivity index (χ2n) is 3.97. The van der Waals surface area contributed by atoms with Crippen LogP contribution in [0.5, 0.6) is 0 Å². The van der Waals surface area contributed by atoms with Crippen LogP contribution in [0.15, 0.2) is 78.3 Å². The lowest BCUT2D eigenvalue weighted by Gasteiger charge is -2.18. The van der Waals surface area contributed by atoms with Crippen molar-refractivity contribution in [2.45, 2.75) is 4.90 Å². The van der Waals surface area contributed by atoms with Gasteiger partial charge in [0.15, 0.2) is 0 Å². The summed E-state index contributed by atoms with van der Waals surface area (Å²) in [5, 5.41) is 0. The van der Waals surface area contributed by atoms with Crippen LogP contribution in [-0.2, 0) is 10.0 Å². The summed E-state index contributed by atoms with van der Waals surface area (Å²) in [5.74, 6) is -0.635. The summed E-state index contributed by atoms with van der Waals surface area (Å²) in [7, 11) is -3.93. The molecule has 0 aliphatic carbocycles. The lowest BCUT2D eigenvalue weighted by atomic mass is 10.2. The van der Waals surface area contributed by atoms with Crippen LogP contribution in [-0.4, -0.2) is 18.6 Å². The smallest absolute Gasteiger partial charge is 0.268 e. The topological polar surface area (TPSA) is 54.5 Å². The molecular weight excluding hydrogens is 274 g/mol. The summed E-state index contributed by atoms with van der Waals surface area (Å²) >= 11 is 0. The van der Waals surface area contributed by atoms with Crippen LogP contribution < -0.4 is 0 Å². The average molecular weight is 287 g/mol. The van der Waals surface area contributed by atoms with Gasteiger partial charge in [-0.15, -0.1) is 0 Å². The standard InChI is InChI=1S/C15H13NO3S/c1-2-16(15(17)13-9-5-3-6-10-13)20(18,19)14-11-7-4-8-12-14/h2-12H,1H2. The molecule has 1 amide bonds. The van der Waals surface area contributed by atoms with Crippen LogP contribution in [0.3, 0.4) is 0 Å². The van der Waals surface area contributed by atoms with Crippen LogP contribution in [0.4, 0.5) is 0 Å². The third-order valence-corrected chi connectivity index (χ3v) is 4.39. The second kappa shape index (κ2) is 5.71. The molecule has 5 heteroatoms. The third kappa shape index (κ3) is 2.62. The number of carbonyl (C=O) groups is 1. The minimum Gasteiger partial charge on any atom is -0.268 e. The van der Waals surface area contributed by atoms with Crippen molar-refractivity contribution in [3.8, 4) is 0 Å². The van der Waals surface area contributed by atoms with Gasteiger partial charge in [0.1, 0.15) is 0 Å². The Hall–Kier alpha value is -2.40. The summed E-state index contributed by atoms with van der Waals surface area (Å²) in [6.45, 7) is 3.43. The number of hydrogen-bond donors (Lipinski definition) is 0. The molecule has 0 unspecified atom stereocenters. The first kappa shape index (κ1) is 14.0. The van der Waals surface area contributed by atoms with Gasteiger partial charge in [-0.05, 0) is 24.3 Å². The highest BCUT2D eigenvalue weighted by Crippen LogP contribution is 2.18. The number of nitrogens with zero attached hydrogens (tertiary/aromatic N) is 1. The average Bonchev–Trinajstić information content (AvgIpc) is 2.49. The summed E-state index contributed by atoms with van der Waals surface area (Å²) in [4.78, 5) is 12.3. The van der Waals surface area contributed by atoms with Crippen molar-refractivity contribution in [2.24, 2.45) is 0 Å². The van der Waals surface area contributed by atoms with Crippen molar-refractivity contribution in [2.75, 3.05) is 0 Å². The van der Waals surface area contributed by atoms with E-state index in [1.165, 1.54) is 12.1 Å². The summed E-state index contributed by atoms with van der Waals surface area (Å²) in [5.41, 5.74) is 0.284. The van der Waals surface area contributed by atoms with Gasteiger partial charge >= 0.3 is 0 Å². The molecule has 2 aromatic rings. The van der Waals surface area contributed by atoms with Crippen molar-refractivity contribution >= 4 is 15.9 Å². The van der Waals surface area contributed by atoms with Crippen molar-refractivity contribution < 1.29 is 13.2 Å². The fraction of sp³-hybridized carbons (Fsp3) is 0. The molecule has 2 rings (SSSR count). The molecule has 0 aromatic heterocycles. The molecule has 102 valence electrons. The van der Waals surface area contributed by atoms with Gasteiger partial charge in [0.2, 0.25) is 0 Å². The van der Waals surface area contributed by atoms with Gasteiger partial charge < -0.3 is 0 Å². The highest BCUT2D eigenvalue weighted by molar-refractivity contribution is 7.89. The van der Waals surface area contributed by atoms with Gasteiger partial charge in [0.05, 0.1) is 4.90 Å². The quantitative estimate of drug-likeness (QED) is 0.868. The third-order valence-electron chi connectivity index (χ3n) is 2.69. The molecule has 0 heterocycles. The summed E-state index contributed by atoms with van der Waals surface area (Å²) in [6, 6.07) is 16.0. The Labute approximate surface area is 118 Å². The van der Waals surface area contributed by atoms with E-state index in [2.05, 4.69) is 6.58 Å². The Morgan fingerprint density at radius 2 is 1.45 bits per heavy atom. The Morgan fingerprint density at radius 3 is 1.95 bits per heavy atom. The van der Waals surface area contributed by atoms with E-state index in [1.807, 2.05) is 0 Å². The van der Waals surface area contributed by atoms with Crippen LogP contribution >= 0.6 is 0 Å². The molecule has 0 fully saturated rings. The second-order valence-corrected chi connectivity index (χ2v) is 5.78. The van der Waals surface area contributed by atoms with Crippen LogP contribution in [0, 0.1) is 0 Å². The van der Waals surface area contributed by atoms with Gasteiger partial charge in [0, 0.05) is 11.8 Å². The fourth-order valence-corrected chi connectivity index (χ4v) is 2.95. The number of sulfonamides is 1. The lowest BCUT2D eigenvalue weighted by Crippen LogP contribution is -2.32. The van der Waals surface area contributed by atoms with E-state index in [0.717, 1.165) is 6.20 Å². The van der Waals surface area contributed by atoms with Crippen molar-refractivity contribution in [1.82, 2.24) is 4.31 Å². The summed E-state index contributed by atoms with van der Waals surface area (Å²) < 4.78 is 25.5. The SMILES string of the molecule is C=CN(C(=O)c1ccccc1)S(=O)(=O)c1ccccc1. The molecule has 2 aromatic carbocycles. The van der Waals surface area contributed by atoms with Gasteiger partial charge in [0.25, 0.3) is 15.9 Å². The summed E-state index contributed by atoms with van der Waals surface area (Å²) in [6.07, 6.45) is 1.01. The number of carbonyl (C=O) groups excluding carboxylic acids is 1. The van der Waals surface area contributed by atoms with E-state index in [4.69, 9.17) is 0 Å². The molecular formula is C15H13NO3S.